The first-order valence-electron chi connectivity index (χ1n) is 1.30. The summed E-state index contributed by atoms with van der Waals surface area (Å²) in [5, 5.41) is 0. The second-order valence-electron chi connectivity index (χ2n) is 0.946. The molecule has 0 bridgehead atoms. The predicted octanol–water partition coefficient (Wildman–Crippen LogP) is 1.21. The summed E-state index contributed by atoms with van der Waals surface area (Å²) in [5.41, 5.74) is 0. The van der Waals surface area contributed by atoms with Crippen LogP contribution >= 0.6 is 14.7 Å². The predicted molar refractivity (Wildman–Crippen MR) is 21.9 cm³/mol. The van der Waals surface area contributed by atoms with E-state index in [-0.39, 0.29) is 0 Å². The van der Waals surface area contributed by atoms with Crippen molar-refractivity contribution in [2.45, 2.75) is 0 Å². The third kappa shape index (κ3) is 2.01. The molecule has 0 saturated heterocycles. The molecule has 2 N–H and O–H groups in total. The highest BCUT2D eigenvalue weighted by Gasteiger charge is 2.42. The van der Waals surface area contributed by atoms with Crippen LogP contribution in [0.4, 0.5) is 8.39 Å². The molecule has 0 fully saturated rings. The standard InChI is InChI=1S/F2H2O4P2/c1-7(3,4)8(2,5)6/h(H,3,4)(H,5,6). The molecule has 0 aliphatic heterocycles. The molecule has 0 aliphatic rings. The fraction of sp³-hybridized carbons (Fsp3) is 0. The molecule has 2 unspecified atom stereocenters. The van der Waals surface area contributed by atoms with Crippen LogP contribution in [0.1, 0.15) is 0 Å². The molecule has 0 aromatic carbocycles. The van der Waals surface area contributed by atoms with Gasteiger partial charge in [-0.25, -0.2) is 9.13 Å². The van der Waals surface area contributed by atoms with E-state index >= 15 is 0 Å². The van der Waals surface area contributed by atoms with Gasteiger partial charge in [0.15, 0.2) is 0 Å². The Hall–Kier alpha value is 0.240. The Labute approximate surface area is 43.2 Å². The topological polar surface area (TPSA) is 74.6 Å². The lowest BCUT2D eigenvalue weighted by Gasteiger charge is -1.96. The summed E-state index contributed by atoms with van der Waals surface area (Å²) >= 11 is 0. The lowest BCUT2D eigenvalue weighted by atomic mass is 15.9. The van der Waals surface area contributed by atoms with Gasteiger partial charge in [-0.15, -0.1) is 8.39 Å². The largest absolute Gasteiger partial charge is 0.478 e. The van der Waals surface area contributed by atoms with E-state index in [0.29, 0.717) is 0 Å². The Balaban J connectivity index is 4.53. The number of rotatable bonds is 1. The van der Waals surface area contributed by atoms with E-state index in [1.807, 2.05) is 0 Å². The Kier molecular flexibility index (Phi) is 1.94. The molecule has 8 heteroatoms. The van der Waals surface area contributed by atoms with Gasteiger partial charge in [-0.2, -0.15) is 0 Å². The van der Waals surface area contributed by atoms with E-state index < -0.39 is 14.7 Å². The number of hydrogen-bond donors (Lipinski definition) is 2. The first kappa shape index (κ1) is 8.24. The minimum Gasteiger partial charge on any atom is -0.313 e. The molecule has 0 spiro atoms. The highest BCUT2D eigenvalue weighted by Crippen LogP contribution is 2.79. The maximum Gasteiger partial charge on any atom is 0.478 e. The van der Waals surface area contributed by atoms with Crippen molar-refractivity contribution in [1.82, 2.24) is 0 Å². The minimum atomic E-state index is -5.91. The summed E-state index contributed by atoms with van der Waals surface area (Å²) < 4.78 is 40.7. The molecule has 4 nitrogen and oxygen atoms in total. The van der Waals surface area contributed by atoms with Gasteiger partial charge in [0.25, 0.3) is 0 Å². The maximum absolute atomic E-state index is 11.1. The third-order valence-electron chi connectivity index (χ3n) is 0.304. The van der Waals surface area contributed by atoms with Crippen LogP contribution in [0.2, 0.25) is 0 Å². The molecule has 50 valence electrons. The monoisotopic (exact) mass is 166 g/mol. The van der Waals surface area contributed by atoms with Crippen LogP contribution in [0, 0.1) is 0 Å². The van der Waals surface area contributed by atoms with Crippen molar-refractivity contribution < 1.29 is 27.3 Å². The number of halogens is 2. The summed E-state index contributed by atoms with van der Waals surface area (Å²) in [6.07, 6.45) is 0. The van der Waals surface area contributed by atoms with Gasteiger partial charge in [0.05, 0.1) is 0 Å². The summed E-state index contributed by atoms with van der Waals surface area (Å²) in [6.45, 7) is 0. The average molecular weight is 166 g/mol. The molecule has 0 aromatic rings. The Bertz CT molecular complexity index is 141. The average Bonchev–Trinajstić information content (AvgIpc) is 1.25. The summed E-state index contributed by atoms with van der Waals surface area (Å²) in [7, 11) is -11.8. The van der Waals surface area contributed by atoms with E-state index in [9.17, 15) is 17.5 Å². The molecule has 2 atom stereocenters. The first-order chi connectivity index (χ1) is 3.25. The van der Waals surface area contributed by atoms with Crippen molar-refractivity contribution >= 4 is 14.7 Å². The summed E-state index contributed by atoms with van der Waals surface area (Å²) in [4.78, 5) is 14.7. The van der Waals surface area contributed by atoms with Crippen LogP contribution < -0.4 is 0 Å². The molecule has 0 aromatic heterocycles. The zero-order valence-electron chi connectivity index (χ0n) is 3.36. The molecule has 0 rings (SSSR count). The highest BCUT2D eigenvalue weighted by atomic mass is 32.1. The Morgan fingerprint density at radius 2 is 1.12 bits per heavy atom. The lowest BCUT2D eigenvalue weighted by Crippen LogP contribution is -1.67. The fourth-order valence-electron chi connectivity index (χ4n) is 0. The van der Waals surface area contributed by atoms with Crippen molar-refractivity contribution in [3.8, 4) is 0 Å². The van der Waals surface area contributed by atoms with Gasteiger partial charge in [-0.3, -0.25) is 0 Å². The quantitative estimate of drug-likeness (QED) is 0.574. The van der Waals surface area contributed by atoms with Crippen molar-refractivity contribution in [1.29, 1.82) is 0 Å². The van der Waals surface area contributed by atoms with E-state index in [1.54, 1.807) is 0 Å². The van der Waals surface area contributed by atoms with E-state index in [4.69, 9.17) is 9.79 Å². The Morgan fingerprint density at radius 3 is 1.12 bits per heavy atom. The highest BCUT2D eigenvalue weighted by molar-refractivity contribution is 8.26. The smallest absolute Gasteiger partial charge is 0.313 e. The third-order valence-corrected chi connectivity index (χ3v) is 2.74. The van der Waals surface area contributed by atoms with Crippen molar-refractivity contribution in [3.63, 3.8) is 0 Å². The van der Waals surface area contributed by atoms with Crippen molar-refractivity contribution in [2.24, 2.45) is 0 Å². The second-order valence-corrected chi connectivity index (χ2v) is 5.80. The molecular weight excluding hydrogens is 164 g/mol. The van der Waals surface area contributed by atoms with E-state index in [1.165, 1.54) is 0 Å². The molecule has 0 saturated carbocycles. The zero-order chi connectivity index (χ0) is 7.00. The van der Waals surface area contributed by atoms with Crippen molar-refractivity contribution in [2.75, 3.05) is 0 Å². The van der Waals surface area contributed by atoms with Gasteiger partial charge in [-0.1, -0.05) is 0 Å². The molecule has 0 radical (unpaired) electrons. The van der Waals surface area contributed by atoms with Crippen molar-refractivity contribution in [3.05, 3.63) is 0 Å². The van der Waals surface area contributed by atoms with Gasteiger partial charge in [0.1, 0.15) is 0 Å². The van der Waals surface area contributed by atoms with Crippen LogP contribution in [-0.4, -0.2) is 9.79 Å². The maximum atomic E-state index is 11.1. The van der Waals surface area contributed by atoms with Crippen LogP contribution in [-0.2, 0) is 9.13 Å². The van der Waals surface area contributed by atoms with E-state index in [2.05, 4.69) is 0 Å². The summed E-state index contributed by atoms with van der Waals surface area (Å²) in [6, 6.07) is 0. The van der Waals surface area contributed by atoms with Gasteiger partial charge in [0.2, 0.25) is 0 Å². The zero-order valence-corrected chi connectivity index (χ0v) is 5.15. The molecule has 0 amide bonds. The number of hydrogen-bond acceptors (Lipinski definition) is 2. The second kappa shape index (κ2) is 1.88. The van der Waals surface area contributed by atoms with Crippen LogP contribution in [0.25, 0.3) is 0 Å². The Morgan fingerprint density at radius 1 is 1.00 bits per heavy atom. The lowest BCUT2D eigenvalue weighted by molar-refractivity contribution is 0.400. The van der Waals surface area contributed by atoms with Crippen LogP contribution in [0.5, 0.6) is 0 Å². The van der Waals surface area contributed by atoms with E-state index in [0.717, 1.165) is 0 Å². The normalized spacial score (nSPS) is 26.0. The molecular formula is H2F2O4P2. The fourth-order valence-corrected chi connectivity index (χ4v) is 0. The van der Waals surface area contributed by atoms with Crippen LogP contribution in [0.15, 0.2) is 0 Å². The van der Waals surface area contributed by atoms with Gasteiger partial charge >= 0.3 is 14.7 Å². The van der Waals surface area contributed by atoms with Gasteiger partial charge < -0.3 is 9.79 Å². The van der Waals surface area contributed by atoms with Gasteiger partial charge in [-0.05, 0) is 0 Å². The summed E-state index contributed by atoms with van der Waals surface area (Å²) in [5.74, 6) is 0. The molecule has 8 heavy (non-hydrogen) atoms. The molecule has 0 aliphatic carbocycles. The SMILES string of the molecule is O=P(O)(F)P(=O)(O)F. The first-order valence-corrected chi connectivity index (χ1v) is 5.11. The van der Waals surface area contributed by atoms with Crippen LogP contribution in [0.3, 0.4) is 0 Å². The molecule has 0 heterocycles. The minimum absolute atomic E-state index is 5.91. The van der Waals surface area contributed by atoms with Gasteiger partial charge in [0, 0.05) is 0 Å².